The van der Waals surface area contributed by atoms with Gasteiger partial charge in [0.2, 0.25) is 5.91 Å². The summed E-state index contributed by atoms with van der Waals surface area (Å²) < 4.78 is 0. The zero-order valence-corrected chi connectivity index (χ0v) is 11.6. The Bertz CT molecular complexity index is 434. The average Bonchev–Trinajstić information content (AvgIpc) is 2.43. The highest BCUT2D eigenvalue weighted by atomic mass is 32.2. The monoisotopic (exact) mass is 264 g/mol. The van der Waals surface area contributed by atoms with Gasteiger partial charge >= 0.3 is 0 Å². The van der Waals surface area contributed by atoms with Crippen LogP contribution in [0.4, 0.5) is 0 Å². The van der Waals surface area contributed by atoms with E-state index in [1.807, 2.05) is 18.7 Å². The van der Waals surface area contributed by atoms with E-state index in [0.29, 0.717) is 13.1 Å². The van der Waals surface area contributed by atoms with Crippen molar-refractivity contribution < 1.29 is 4.79 Å². The number of nitrogens with two attached hydrogens (primary N) is 1. The summed E-state index contributed by atoms with van der Waals surface area (Å²) >= 11 is 1.93. The van der Waals surface area contributed by atoms with E-state index in [9.17, 15) is 4.79 Å². The van der Waals surface area contributed by atoms with E-state index in [4.69, 9.17) is 5.73 Å². The number of fused-ring (bicyclic) bond motifs is 1. The summed E-state index contributed by atoms with van der Waals surface area (Å²) in [6.45, 7) is 2.84. The van der Waals surface area contributed by atoms with Gasteiger partial charge in [0.1, 0.15) is 0 Å². The van der Waals surface area contributed by atoms with E-state index in [1.54, 1.807) is 0 Å². The molecule has 4 heteroatoms. The standard InChI is InChI=1S/C14H20N2OS/c1-10(8-15)14(17)16-9-11-4-5-13-12(7-11)3-2-6-18-13/h4-5,7,10H,2-3,6,8-9,15H2,1H3,(H,16,17). The molecule has 0 spiro atoms. The van der Waals surface area contributed by atoms with Gasteiger partial charge in [0.05, 0.1) is 0 Å². The molecule has 1 atom stereocenters. The summed E-state index contributed by atoms with van der Waals surface area (Å²) in [5.74, 6) is 1.14. The number of aryl methyl sites for hydroxylation is 1. The normalized spacial score (nSPS) is 15.9. The second-order valence-electron chi connectivity index (χ2n) is 4.75. The zero-order chi connectivity index (χ0) is 13.0. The van der Waals surface area contributed by atoms with Gasteiger partial charge in [-0.15, -0.1) is 11.8 Å². The van der Waals surface area contributed by atoms with E-state index in [0.717, 1.165) is 6.42 Å². The quantitative estimate of drug-likeness (QED) is 0.874. The Balaban J connectivity index is 1.96. The largest absolute Gasteiger partial charge is 0.352 e. The van der Waals surface area contributed by atoms with Crippen LogP contribution in [-0.4, -0.2) is 18.2 Å². The second-order valence-corrected chi connectivity index (χ2v) is 5.89. The van der Waals surface area contributed by atoms with Crippen LogP contribution in [0, 0.1) is 5.92 Å². The minimum absolute atomic E-state index is 0.0320. The summed E-state index contributed by atoms with van der Waals surface area (Å²) in [7, 11) is 0. The molecule has 1 aromatic carbocycles. The number of nitrogens with one attached hydrogen (secondary N) is 1. The zero-order valence-electron chi connectivity index (χ0n) is 10.7. The van der Waals surface area contributed by atoms with Gasteiger partial charge < -0.3 is 11.1 Å². The highest BCUT2D eigenvalue weighted by Gasteiger charge is 2.12. The van der Waals surface area contributed by atoms with E-state index in [2.05, 4.69) is 23.5 Å². The molecule has 1 aromatic rings. The molecule has 0 bridgehead atoms. The number of carbonyl (C=O) groups is 1. The van der Waals surface area contributed by atoms with Crippen molar-refractivity contribution in [3.8, 4) is 0 Å². The lowest BCUT2D eigenvalue weighted by molar-refractivity contribution is -0.124. The van der Waals surface area contributed by atoms with Crippen molar-refractivity contribution in [2.75, 3.05) is 12.3 Å². The van der Waals surface area contributed by atoms with Gasteiger partial charge in [0, 0.05) is 23.9 Å². The highest BCUT2D eigenvalue weighted by molar-refractivity contribution is 7.99. The van der Waals surface area contributed by atoms with Crippen LogP contribution in [0.1, 0.15) is 24.5 Å². The maximum atomic E-state index is 11.6. The van der Waals surface area contributed by atoms with E-state index in [1.165, 1.54) is 28.2 Å². The van der Waals surface area contributed by atoms with Gasteiger partial charge in [0.15, 0.2) is 0 Å². The van der Waals surface area contributed by atoms with Crippen LogP contribution >= 0.6 is 11.8 Å². The minimum Gasteiger partial charge on any atom is -0.352 e. The SMILES string of the molecule is CC(CN)C(=O)NCc1ccc2c(c1)CCCS2. The summed E-state index contributed by atoms with van der Waals surface area (Å²) in [6.07, 6.45) is 2.40. The average molecular weight is 264 g/mol. The van der Waals surface area contributed by atoms with Crippen molar-refractivity contribution in [1.82, 2.24) is 5.32 Å². The second kappa shape index (κ2) is 6.25. The Labute approximate surface area is 113 Å². The van der Waals surface area contributed by atoms with Crippen LogP contribution in [0.5, 0.6) is 0 Å². The summed E-state index contributed by atoms with van der Waals surface area (Å²) in [6, 6.07) is 6.49. The Kier molecular flexibility index (Phi) is 4.66. The molecule has 98 valence electrons. The van der Waals surface area contributed by atoms with Crippen molar-refractivity contribution in [2.24, 2.45) is 11.7 Å². The number of rotatable bonds is 4. The molecule has 0 fully saturated rings. The number of thioether (sulfide) groups is 1. The fourth-order valence-electron chi connectivity index (χ4n) is 1.99. The van der Waals surface area contributed by atoms with Crippen LogP contribution in [0.25, 0.3) is 0 Å². The number of hydrogen-bond donors (Lipinski definition) is 2. The predicted molar refractivity (Wildman–Crippen MR) is 75.6 cm³/mol. The van der Waals surface area contributed by atoms with Crippen LogP contribution in [0.15, 0.2) is 23.1 Å². The molecular weight excluding hydrogens is 244 g/mol. The molecule has 1 aliphatic rings. The van der Waals surface area contributed by atoms with Gasteiger partial charge in [-0.25, -0.2) is 0 Å². The van der Waals surface area contributed by atoms with Crippen molar-refractivity contribution in [2.45, 2.75) is 31.2 Å². The topological polar surface area (TPSA) is 55.1 Å². The molecule has 0 aliphatic carbocycles. The van der Waals surface area contributed by atoms with Crippen LogP contribution in [0.2, 0.25) is 0 Å². The maximum absolute atomic E-state index is 11.6. The lowest BCUT2D eigenvalue weighted by Crippen LogP contribution is -2.32. The van der Waals surface area contributed by atoms with Gasteiger partial charge in [-0.1, -0.05) is 19.1 Å². The van der Waals surface area contributed by atoms with Gasteiger partial charge in [-0.05, 0) is 35.8 Å². The lowest BCUT2D eigenvalue weighted by Gasteiger charge is -2.16. The minimum atomic E-state index is -0.113. The van der Waals surface area contributed by atoms with E-state index < -0.39 is 0 Å². The molecule has 0 saturated heterocycles. The molecule has 18 heavy (non-hydrogen) atoms. The van der Waals surface area contributed by atoms with Gasteiger partial charge in [-0.3, -0.25) is 4.79 Å². The van der Waals surface area contributed by atoms with Gasteiger partial charge in [0.25, 0.3) is 0 Å². The smallest absolute Gasteiger partial charge is 0.224 e. The summed E-state index contributed by atoms with van der Waals surface area (Å²) in [5, 5.41) is 2.93. The third kappa shape index (κ3) is 3.27. The van der Waals surface area contributed by atoms with E-state index in [-0.39, 0.29) is 11.8 Å². The molecule has 3 nitrogen and oxygen atoms in total. The summed E-state index contributed by atoms with van der Waals surface area (Å²) in [5.41, 5.74) is 8.07. The molecule has 1 heterocycles. The number of hydrogen-bond acceptors (Lipinski definition) is 3. The number of amides is 1. The number of benzene rings is 1. The van der Waals surface area contributed by atoms with Crippen molar-refractivity contribution >= 4 is 17.7 Å². The fourth-order valence-corrected chi connectivity index (χ4v) is 3.01. The van der Waals surface area contributed by atoms with Crippen molar-refractivity contribution in [3.05, 3.63) is 29.3 Å². The third-order valence-electron chi connectivity index (χ3n) is 3.24. The first kappa shape index (κ1) is 13.4. The first-order valence-corrected chi connectivity index (χ1v) is 7.41. The molecule has 1 amide bonds. The van der Waals surface area contributed by atoms with Crippen LogP contribution in [0.3, 0.4) is 0 Å². The molecule has 3 N–H and O–H groups in total. The Hall–Kier alpha value is -1.00. The molecule has 0 radical (unpaired) electrons. The maximum Gasteiger partial charge on any atom is 0.224 e. The Morgan fingerprint density at radius 2 is 2.39 bits per heavy atom. The lowest BCUT2D eigenvalue weighted by atomic mass is 10.1. The number of carbonyl (C=O) groups excluding carboxylic acids is 1. The molecule has 2 rings (SSSR count). The van der Waals surface area contributed by atoms with Crippen LogP contribution < -0.4 is 11.1 Å². The van der Waals surface area contributed by atoms with E-state index >= 15 is 0 Å². The van der Waals surface area contributed by atoms with Crippen LogP contribution in [-0.2, 0) is 17.8 Å². The van der Waals surface area contributed by atoms with Crippen molar-refractivity contribution in [3.63, 3.8) is 0 Å². The van der Waals surface area contributed by atoms with Crippen molar-refractivity contribution in [1.29, 1.82) is 0 Å². The molecule has 1 aliphatic heterocycles. The molecule has 0 aromatic heterocycles. The fraction of sp³-hybridized carbons (Fsp3) is 0.500. The Morgan fingerprint density at radius 1 is 1.56 bits per heavy atom. The summed E-state index contributed by atoms with van der Waals surface area (Å²) in [4.78, 5) is 13.0. The molecular formula is C14H20N2OS. The molecule has 1 unspecified atom stereocenters. The Morgan fingerprint density at radius 3 is 3.17 bits per heavy atom. The predicted octanol–water partition coefficient (Wildman–Crippen LogP) is 1.94. The first-order valence-electron chi connectivity index (χ1n) is 6.43. The molecule has 0 saturated carbocycles. The first-order chi connectivity index (χ1) is 8.70. The van der Waals surface area contributed by atoms with Gasteiger partial charge in [-0.2, -0.15) is 0 Å². The highest BCUT2D eigenvalue weighted by Crippen LogP contribution is 2.30. The third-order valence-corrected chi connectivity index (χ3v) is 4.44.